The van der Waals surface area contributed by atoms with E-state index in [1.54, 1.807) is 0 Å². The van der Waals surface area contributed by atoms with Gasteiger partial charge in [0.05, 0.1) is 0 Å². The molecule has 1 N–H and O–H groups in total. The fourth-order valence-electron chi connectivity index (χ4n) is 3.37. The summed E-state index contributed by atoms with van der Waals surface area (Å²) >= 11 is 0. The van der Waals surface area contributed by atoms with Crippen LogP contribution in [-0.4, -0.2) is 37.1 Å². The third-order valence-electron chi connectivity index (χ3n) is 4.88. The lowest BCUT2D eigenvalue weighted by Crippen LogP contribution is -2.49. The molecule has 0 bridgehead atoms. The molecule has 0 spiro atoms. The van der Waals surface area contributed by atoms with E-state index in [-0.39, 0.29) is 0 Å². The van der Waals surface area contributed by atoms with Crippen molar-refractivity contribution in [3.63, 3.8) is 0 Å². The van der Waals surface area contributed by atoms with Crippen molar-refractivity contribution in [2.45, 2.75) is 50.6 Å². The Balaban J connectivity index is 1.44. The van der Waals surface area contributed by atoms with Crippen LogP contribution in [0.25, 0.3) is 0 Å². The maximum Gasteiger partial charge on any atom is 0.00940 e. The molecule has 1 heterocycles. The van der Waals surface area contributed by atoms with Gasteiger partial charge in [0, 0.05) is 12.1 Å². The third kappa shape index (κ3) is 3.18. The molecule has 2 nitrogen and oxygen atoms in total. The quantitative estimate of drug-likeness (QED) is 0.897. The normalized spacial score (nSPS) is 29.2. The monoisotopic (exact) mass is 258 g/mol. The highest BCUT2D eigenvalue weighted by molar-refractivity contribution is 5.26. The zero-order valence-electron chi connectivity index (χ0n) is 12.2. The summed E-state index contributed by atoms with van der Waals surface area (Å²) in [5, 5.41) is 3.86. The van der Waals surface area contributed by atoms with Crippen molar-refractivity contribution in [1.82, 2.24) is 10.2 Å². The van der Waals surface area contributed by atoms with E-state index in [4.69, 9.17) is 0 Å². The van der Waals surface area contributed by atoms with Crippen LogP contribution in [0, 0.1) is 6.92 Å². The molecule has 0 atom stereocenters. The number of nitrogens with zero attached hydrogens (tertiary/aromatic N) is 1. The average Bonchev–Trinajstić information content (AvgIpc) is 2.37. The van der Waals surface area contributed by atoms with Gasteiger partial charge in [0.25, 0.3) is 0 Å². The lowest BCUT2D eigenvalue weighted by molar-refractivity contribution is 0.192. The minimum atomic E-state index is 0.764. The fraction of sp³-hybridized carbons (Fsp3) is 0.647. The van der Waals surface area contributed by atoms with E-state index in [1.165, 1.54) is 49.9 Å². The van der Waals surface area contributed by atoms with Crippen molar-refractivity contribution in [3.8, 4) is 0 Å². The fourth-order valence-corrected chi connectivity index (χ4v) is 3.37. The highest BCUT2D eigenvalue weighted by Gasteiger charge is 2.32. The van der Waals surface area contributed by atoms with Gasteiger partial charge in [-0.15, -0.1) is 0 Å². The van der Waals surface area contributed by atoms with Crippen molar-refractivity contribution in [1.29, 1.82) is 0 Å². The van der Waals surface area contributed by atoms with Gasteiger partial charge in [0.1, 0.15) is 0 Å². The maximum atomic E-state index is 3.86. The van der Waals surface area contributed by atoms with Crippen LogP contribution in [0.4, 0.5) is 0 Å². The van der Waals surface area contributed by atoms with E-state index in [1.807, 2.05) is 0 Å². The van der Waals surface area contributed by atoms with Gasteiger partial charge < -0.3 is 10.2 Å². The summed E-state index contributed by atoms with van der Waals surface area (Å²) < 4.78 is 0. The van der Waals surface area contributed by atoms with E-state index >= 15 is 0 Å². The number of rotatable bonds is 3. The number of likely N-dealkylation sites (tertiary alicyclic amines) is 1. The van der Waals surface area contributed by atoms with Gasteiger partial charge in [-0.1, -0.05) is 29.8 Å². The van der Waals surface area contributed by atoms with Gasteiger partial charge in [0.15, 0.2) is 0 Å². The van der Waals surface area contributed by atoms with Gasteiger partial charge in [-0.25, -0.2) is 0 Å². The van der Waals surface area contributed by atoms with Crippen molar-refractivity contribution in [2.75, 3.05) is 20.1 Å². The van der Waals surface area contributed by atoms with Gasteiger partial charge in [-0.3, -0.25) is 0 Å². The smallest absolute Gasteiger partial charge is 0.00940 e. The summed E-state index contributed by atoms with van der Waals surface area (Å²) in [6.07, 6.45) is 5.30. The molecule has 2 heteroatoms. The Hall–Kier alpha value is -0.860. The first-order valence-corrected chi connectivity index (χ1v) is 7.72. The number of hydrogen-bond acceptors (Lipinski definition) is 2. The Morgan fingerprint density at radius 3 is 2.26 bits per heavy atom. The highest BCUT2D eigenvalue weighted by Crippen LogP contribution is 2.37. The Morgan fingerprint density at radius 2 is 1.63 bits per heavy atom. The van der Waals surface area contributed by atoms with Crippen molar-refractivity contribution < 1.29 is 0 Å². The van der Waals surface area contributed by atoms with Crippen LogP contribution >= 0.6 is 0 Å². The van der Waals surface area contributed by atoms with E-state index in [2.05, 4.69) is 48.5 Å². The molecule has 2 aliphatic rings. The van der Waals surface area contributed by atoms with Crippen LogP contribution in [-0.2, 0) is 0 Å². The zero-order chi connectivity index (χ0) is 13.2. The number of hydrogen-bond donors (Lipinski definition) is 1. The largest absolute Gasteiger partial charge is 0.311 e. The van der Waals surface area contributed by atoms with Crippen LogP contribution in [0.1, 0.15) is 42.7 Å². The third-order valence-corrected chi connectivity index (χ3v) is 4.88. The molecule has 19 heavy (non-hydrogen) atoms. The second-order valence-electron chi connectivity index (χ2n) is 6.52. The van der Waals surface area contributed by atoms with E-state index in [9.17, 15) is 0 Å². The molecule has 1 aromatic rings. The first kappa shape index (κ1) is 13.1. The predicted octanol–water partition coefficient (Wildman–Crippen LogP) is 2.92. The maximum absolute atomic E-state index is 3.86. The Morgan fingerprint density at radius 1 is 1.00 bits per heavy atom. The van der Waals surface area contributed by atoms with Crippen LogP contribution in [0.5, 0.6) is 0 Å². The second kappa shape index (κ2) is 5.64. The second-order valence-corrected chi connectivity index (χ2v) is 6.52. The Kier molecular flexibility index (Phi) is 3.90. The predicted molar refractivity (Wildman–Crippen MR) is 80.6 cm³/mol. The number of aryl methyl sites for hydroxylation is 1. The first-order valence-electron chi connectivity index (χ1n) is 7.72. The molecule has 1 saturated heterocycles. The molecule has 0 amide bonds. The highest BCUT2D eigenvalue weighted by atomic mass is 15.1. The van der Waals surface area contributed by atoms with Gasteiger partial charge in [-0.2, -0.15) is 0 Å². The van der Waals surface area contributed by atoms with E-state index in [0.717, 1.165) is 18.0 Å². The molecule has 2 fully saturated rings. The summed E-state index contributed by atoms with van der Waals surface area (Å²) in [6, 6.07) is 10.6. The molecular weight excluding hydrogens is 232 g/mol. The van der Waals surface area contributed by atoms with Crippen molar-refractivity contribution in [3.05, 3.63) is 35.4 Å². The molecular formula is C17H26N2. The topological polar surface area (TPSA) is 15.3 Å². The van der Waals surface area contributed by atoms with Gasteiger partial charge >= 0.3 is 0 Å². The molecule has 1 aliphatic carbocycles. The van der Waals surface area contributed by atoms with Crippen molar-refractivity contribution in [2.24, 2.45) is 0 Å². The Labute approximate surface area is 117 Å². The molecule has 1 saturated carbocycles. The van der Waals surface area contributed by atoms with Crippen LogP contribution < -0.4 is 5.32 Å². The standard InChI is InChI=1S/C17H26N2/c1-13-3-5-14(6-4-13)15-11-17(12-15)18-16-7-9-19(2)10-8-16/h3-6,15-18H,7-12H2,1-2H3. The number of piperidine rings is 1. The minimum Gasteiger partial charge on any atom is -0.311 e. The molecule has 104 valence electrons. The molecule has 0 aromatic heterocycles. The summed E-state index contributed by atoms with van der Waals surface area (Å²) in [5.41, 5.74) is 2.90. The molecule has 0 unspecified atom stereocenters. The lowest BCUT2D eigenvalue weighted by atomic mass is 9.75. The first-order chi connectivity index (χ1) is 9.20. The zero-order valence-corrected chi connectivity index (χ0v) is 12.2. The Bertz CT molecular complexity index is 398. The summed E-state index contributed by atoms with van der Waals surface area (Å²) in [7, 11) is 2.23. The van der Waals surface area contributed by atoms with E-state index in [0.29, 0.717) is 0 Å². The number of benzene rings is 1. The minimum absolute atomic E-state index is 0.764. The van der Waals surface area contributed by atoms with Crippen LogP contribution in [0.15, 0.2) is 24.3 Å². The van der Waals surface area contributed by atoms with Gasteiger partial charge in [-0.05, 0) is 64.2 Å². The SMILES string of the molecule is Cc1ccc(C2CC(NC3CCN(C)CC3)C2)cc1. The summed E-state index contributed by atoms with van der Waals surface area (Å²) in [5.74, 6) is 0.796. The summed E-state index contributed by atoms with van der Waals surface area (Å²) in [6.45, 7) is 4.67. The van der Waals surface area contributed by atoms with Crippen molar-refractivity contribution >= 4 is 0 Å². The van der Waals surface area contributed by atoms with Crippen LogP contribution in [0.2, 0.25) is 0 Å². The molecule has 3 rings (SSSR count). The van der Waals surface area contributed by atoms with E-state index < -0.39 is 0 Å². The number of nitrogens with one attached hydrogen (secondary N) is 1. The molecule has 1 aliphatic heterocycles. The molecule has 0 radical (unpaired) electrons. The van der Waals surface area contributed by atoms with Gasteiger partial charge in [0.2, 0.25) is 0 Å². The van der Waals surface area contributed by atoms with Crippen LogP contribution in [0.3, 0.4) is 0 Å². The average molecular weight is 258 g/mol. The lowest BCUT2D eigenvalue weighted by Gasteiger charge is -2.40. The summed E-state index contributed by atoms with van der Waals surface area (Å²) in [4.78, 5) is 2.44. The molecule has 1 aromatic carbocycles.